The van der Waals surface area contributed by atoms with E-state index in [0.717, 1.165) is 11.1 Å². The summed E-state index contributed by atoms with van der Waals surface area (Å²) in [5.41, 5.74) is 1.60. The molecule has 0 aliphatic heterocycles. The Balaban J connectivity index is 2.69. The number of hydrogen-bond acceptors (Lipinski definition) is 4. The third-order valence-electron chi connectivity index (χ3n) is 3.08. The second kappa shape index (κ2) is 8.56. The number of carbonyl (C=O) groups is 2. The van der Waals surface area contributed by atoms with Crippen LogP contribution in [0.5, 0.6) is 0 Å². The van der Waals surface area contributed by atoms with E-state index in [9.17, 15) is 9.59 Å². The molecule has 0 fully saturated rings. The van der Waals surface area contributed by atoms with Crippen LogP contribution >= 0.6 is 0 Å². The van der Waals surface area contributed by atoms with Crippen LogP contribution < -0.4 is 5.32 Å². The number of benzene rings is 1. The lowest BCUT2D eigenvalue weighted by Crippen LogP contribution is -2.38. The number of nitrogens with one attached hydrogen (secondary N) is 1. The molecule has 0 saturated heterocycles. The summed E-state index contributed by atoms with van der Waals surface area (Å²) in [4.78, 5) is 23.9. The maximum atomic E-state index is 12.1. The minimum atomic E-state index is -0.569. The number of amides is 1. The van der Waals surface area contributed by atoms with Crippen LogP contribution in [0.3, 0.4) is 0 Å². The van der Waals surface area contributed by atoms with E-state index in [-0.39, 0.29) is 12.5 Å². The highest BCUT2D eigenvalue weighted by Gasteiger charge is 2.23. The molecule has 0 radical (unpaired) electrons. The van der Waals surface area contributed by atoms with Crippen LogP contribution in [0.25, 0.3) is 0 Å². The Morgan fingerprint density at radius 1 is 1.26 bits per heavy atom. The molecule has 0 aliphatic carbocycles. The van der Waals surface area contributed by atoms with Gasteiger partial charge in [-0.2, -0.15) is 0 Å². The van der Waals surface area contributed by atoms with Gasteiger partial charge in [0.15, 0.2) is 0 Å². The first-order valence-electron chi connectivity index (χ1n) is 7.90. The number of alkyl carbamates (subject to hydrolysis) is 1. The van der Waals surface area contributed by atoms with E-state index in [1.807, 2.05) is 31.2 Å². The third-order valence-corrected chi connectivity index (χ3v) is 3.08. The van der Waals surface area contributed by atoms with Crippen LogP contribution in [0.1, 0.15) is 38.8 Å². The summed E-state index contributed by atoms with van der Waals surface area (Å²) in [6.07, 6.45) is -0.0212. The number of hydrogen-bond donors (Lipinski definition) is 1. The molecule has 5 heteroatoms. The molecule has 1 amide bonds. The van der Waals surface area contributed by atoms with Crippen molar-refractivity contribution in [2.45, 2.75) is 46.6 Å². The first kappa shape index (κ1) is 19.0. The Labute approximate surface area is 138 Å². The van der Waals surface area contributed by atoms with Crippen molar-refractivity contribution in [1.29, 1.82) is 0 Å². The van der Waals surface area contributed by atoms with Gasteiger partial charge in [0.05, 0.1) is 12.5 Å². The van der Waals surface area contributed by atoms with Crippen LogP contribution in [-0.4, -0.2) is 30.8 Å². The van der Waals surface area contributed by atoms with E-state index < -0.39 is 17.6 Å². The van der Waals surface area contributed by atoms with Gasteiger partial charge >= 0.3 is 12.1 Å². The standard InChI is InChI=1S/C18H27NO4/c1-6-22-16(20)15(11-14-9-7-8-13(2)10-14)12-19-17(21)23-18(3,4)5/h7-10,15H,6,11-12H2,1-5H3,(H,19,21). The highest BCUT2D eigenvalue weighted by molar-refractivity contribution is 5.74. The van der Waals surface area contributed by atoms with E-state index >= 15 is 0 Å². The second-order valence-corrected chi connectivity index (χ2v) is 6.52. The van der Waals surface area contributed by atoms with Crippen LogP contribution in [-0.2, 0) is 20.7 Å². The topological polar surface area (TPSA) is 64.6 Å². The second-order valence-electron chi connectivity index (χ2n) is 6.52. The van der Waals surface area contributed by atoms with Crippen LogP contribution in [0, 0.1) is 12.8 Å². The van der Waals surface area contributed by atoms with Crippen LogP contribution in [0.4, 0.5) is 4.79 Å². The van der Waals surface area contributed by atoms with Crippen LogP contribution in [0.2, 0.25) is 0 Å². The molecule has 1 unspecified atom stereocenters. The molecule has 0 aromatic heterocycles. The molecule has 0 bridgehead atoms. The van der Waals surface area contributed by atoms with Crippen molar-refractivity contribution >= 4 is 12.1 Å². The molecule has 1 aromatic rings. The van der Waals surface area contributed by atoms with Crippen LogP contribution in [0.15, 0.2) is 24.3 Å². The highest BCUT2D eigenvalue weighted by atomic mass is 16.6. The zero-order valence-electron chi connectivity index (χ0n) is 14.6. The zero-order chi connectivity index (χ0) is 17.5. The maximum Gasteiger partial charge on any atom is 0.407 e. The number of carbonyl (C=O) groups excluding carboxylic acids is 2. The van der Waals surface area contributed by atoms with Gasteiger partial charge in [-0.3, -0.25) is 4.79 Å². The van der Waals surface area contributed by atoms with E-state index in [4.69, 9.17) is 9.47 Å². The molecule has 0 spiro atoms. The summed E-state index contributed by atoms with van der Waals surface area (Å²) in [6, 6.07) is 7.95. The number of rotatable bonds is 6. The lowest BCUT2D eigenvalue weighted by atomic mass is 9.98. The minimum Gasteiger partial charge on any atom is -0.466 e. The Morgan fingerprint density at radius 2 is 1.96 bits per heavy atom. The van der Waals surface area contributed by atoms with Gasteiger partial charge in [0.1, 0.15) is 5.60 Å². The first-order chi connectivity index (χ1) is 10.7. The summed E-state index contributed by atoms with van der Waals surface area (Å²) < 4.78 is 10.3. The van der Waals surface area contributed by atoms with Gasteiger partial charge in [-0.1, -0.05) is 29.8 Å². The van der Waals surface area contributed by atoms with Crippen molar-refractivity contribution in [1.82, 2.24) is 5.32 Å². The normalized spacial score (nSPS) is 12.4. The first-order valence-corrected chi connectivity index (χ1v) is 7.90. The molecule has 5 nitrogen and oxygen atoms in total. The Hall–Kier alpha value is -2.04. The quantitative estimate of drug-likeness (QED) is 0.817. The highest BCUT2D eigenvalue weighted by Crippen LogP contribution is 2.13. The molecule has 23 heavy (non-hydrogen) atoms. The van der Waals surface area contributed by atoms with Crippen molar-refractivity contribution < 1.29 is 19.1 Å². The SMILES string of the molecule is CCOC(=O)C(CNC(=O)OC(C)(C)C)Cc1cccc(C)c1. The fraction of sp³-hybridized carbons (Fsp3) is 0.556. The molecule has 0 saturated carbocycles. The fourth-order valence-electron chi connectivity index (χ4n) is 2.14. The number of esters is 1. The molecule has 1 atom stereocenters. The van der Waals surface area contributed by atoms with E-state index in [1.54, 1.807) is 27.7 Å². The third kappa shape index (κ3) is 7.68. The van der Waals surface area contributed by atoms with E-state index in [1.165, 1.54) is 0 Å². The van der Waals surface area contributed by atoms with Gasteiger partial charge in [-0.05, 0) is 46.6 Å². The molecule has 1 aromatic carbocycles. The molecular weight excluding hydrogens is 294 g/mol. The Kier molecular flexibility index (Phi) is 7.07. The average Bonchev–Trinajstić information content (AvgIpc) is 2.41. The molecule has 1 N–H and O–H groups in total. The summed E-state index contributed by atoms with van der Waals surface area (Å²) in [7, 11) is 0. The molecule has 1 rings (SSSR count). The number of ether oxygens (including phenoxy) is 2. The maximum absolute atomic E-state index is 12.1. The Morgan fingerprint density at radius 3 is 2.52 bits per heavy atom. The smallest absolute Gasteiger partial charge is 0.407 e. The van der Waals surface area contributed by atoms with Gasteiger partial charge in [0.2, 0.25) is 0 Å². The lowest BCUT2D eigenvalue weighted by molar-refractivity contribution is -0.147. The molecule has 0 aliphatic rings. The predicted molar refractivity (Wildman–Crippen MR) is 89.2 cm³/mol. The summed E-state index contributed by atoms with van der Waals surface area (Å²) in [6.45, 7) is 9.65. The van der Waals surface area contributed by atoms with Crippen molar-refractivity contribution in [2.24, 2.45) is 5.92 Å². The minimum absolute atomic E-state index is 0.182. The van der Waals surface area contributed by atoms with Crippen molar-refractivity contribution in [3.63, 3.8) is 0 Å². The molecule has 0 heterocycles. The molecule has 128 valence electrons. The van der Waals surface area contributed by atoms with Gasteiger partial charge in [-0.25, -0.2) is 4.79 Å². The molecular formula is C18H27NO4. The lowest BCUT2D eigenvalue weighted by Gasteiger charge is -2.21. The van der Waals surface area contributed by atoms with Gasteiger partial charge in [0, 0.05) is 6.54 Å². The van der Waals surface area contributed by atoms with E-state index in [0.29, 0.717) is 13.0 Å². The Bertz CT molecular complexity index is 534. The van der Waals surface area contributed by atoms with Crippen molar-refractivity contribution in [2.75, 3.05) is 13.2 Å². The summed E-state index contributed by atoms with van der Waals surface area (Å²) >= 11 is 0. The largest absolute Gasteiger partial charge is 0.466 e. The van der Waals surface area contributed by atoms with Gasteiger partial charge in [0.25, 0.3) is 0 Å². The monoisotopic (exact) mass is 321 g/mol. The van der Waals surface area contributed by atoms with E-state index in [2.05, 4.69) is 5.32 Å². The predicted octanol–water partition coefficient (Wildman–Crippen LogP) is 3.24. The summed E-state index contributed by atoms with van der Waals surface area (Å²) in [5, 5.41) is 2.65. The van der Waals surface area contributed by atoms with Gasteiger partial charge in [-0.15, -0.1) is 0 Å². The van der Waals surface area contributed by atoms with Gasteiger partial charge < -0.3 is 14.8 Å². The fourth-order valence-corrected chi connectivity index (χ4v) is 2.14. The zero-order valence-corrected chi connectivity index (χ0v) is 14.6. The number of aryl methyl sites for hydroxylation is 1. The summed E-state index contributed by atoms with van der Waals surface area (Å²) in [5.74, 6) is -0.755. The average molecular weight is 321 g/mol. The van der Waals surface area contributed by atoms with Crippen molar-refractivity contribution in [3.8, 4) is 0 Å². The van der Waals surface area contributed by atoms with Crippen molar-refractivity contribution in [3.05, 3.63) is 35.4 Å².